The Labute approximate surface area is 129 Å². The number of fused-ring (bicyclic) bond motifs is 1. The largest absolute Gasteiger partial charge is 0.383 e. The summed E-state index contributed by atoms with van der Waals surface area (Å²) in [7, 11) is 0. The molecule has 22 heavy (non-hydrogen) atoms. The van der Waals surface area contributed by atoms with E-state index in [4.69, 9.17) is 5.73 Å². The molecule has 0 amide bonds. The van der Waals surface area contributed by atoms with Crippen molar-refractivity contribution in [3.63, 3.8) is 0 Å². The van der Waals surface area contributed by atoms with Crippen LogP contribution in [0, 0.1) is 0 Å². The number of hydrogen-bond donors (Lipinski definition) is 2. The first-order chi connectivity index (χ1) is 10.8. The summed E-state index contributed by atoms with van der Waals surface area (Å²) in [5, 5.41) is 3.59. The van der Waals surface area contributed by atoms with Crippen LogP contribution in [0.15, 0.2) is 67.0 Å². The molecule has 3 aromatic rings. The molecule has 0 unspecified atom stereocenters. The van der Waals surface area contributed by atoms with Crippen molar-refractivity contribution in [2.75, 3.05) is 11.1 Å². The van der Waals surface area contributed by atoms with Crippen LogP contribution in [-0.2, 0) is 12.0 Å². The van der Waals surface area contributed by atoms with Crippen LogP contribution in [0.3, 0.4) is 0 Å². The lowest BCUT2D eigenvalue weighted by Gasteiger charge is -2.31. The van der Waals surface area contributed by atoms with E-state index in [1.165, 1.54) is 17.5 Å². The highest BCUT2D eigenvalue weighted by molar-refractivity contribution is 5.66. The summed E-state index contributed by atoms with van der Waals surface area (Å²) >= 11 is 0. The number of anilines is 2. The number of aromatic nitrogens is 2. The summed E-state index contributed by atoms with van der Waals surface area (Å²) in [6.45, 7) is 0. The molecular formula is C18H16N4. The van der Waals surface area contributed by atoms with E-state index in [-0.39, 0.29) is 5.54 Å². The van der Waals surface area contributed by atoms with E-state index in [0.29, 0.717) is 5.82 Å². The maximum absolute atomic E-state index is 6.06. The average Bonchev–Trinajstić information content (AvgIpc) is 2.99. The summed E-state index contributed by atoms with van der Waals surface area (Å²) in [6.07, 6.45) is 2.25. The van der Waals surface area contributed by atoms with Gasteiger partial charge < -0.3 is 11.1 Å². The molecule has 1 aromatic heterocycles. The first-order valence-electron chi connectivity index (χ1n) is 7.28. The number of nitrogens with zero attached hydrogens (tertiary/aromatic N) is 2. The standard InChI is InChI=1S/C18H16N4/c19-16-15-11-18(13-7-3-1-4-8-13,14-9-5-2-6-10-14)22-17(15)21-12-20-16/h1-10,12H,11H2,(H3,19,20,21,22). The Morgan fingerprint density at radius 3 is 2.00 bits per heavy atom. The molecule has 3 N–H and O–H groups in total. The maximum Gasteiger partial charge on any atom is 0.135 e. The van der Waals surface area contributed by atoms with Crippen molar-refractivity contribution in [1.29, 1.82) is 0 Å². The van der Waals surface area contributed by atoms with Gasteiger partial charge in [0.2, 0.25) is 0 Å². The minimum atomic E-state index is -0.352. The van der Waals surface area contributed by atoms with Gasteiger partial charge in [-0.3, -0.25) is 0 Å². The van der Waals surface area contributed by atoms with Gasteiger partial charge in [0.1, 0.15) is 18.0 Å². The van der Waals surface area contributed by atoms with Crippen molar-refractivity contribution in [1.82, 2.24) is 9.97 Å². The van der Waals surface area contributed by atoms with Crippen LogP contribution in [0.25, 0.3) is 0 Å². The van der Waals surface area contributed by atoms with Gasteiger partial charge in [-0.05, 0) is 11.1 Å². The number of nitrogen functional groups attached to an aromatic ring is 1. The molecule has 0 fully saturated rings. The van der Waals surface area contributed by atoms with Crippen molar-refractivity contribution < 1.29 is 0 Å². The molecule has 0 radical (unpaired) electrons. The van der Waals surface area contributed by atoms with Crippen LogP contribution in [0.4, 0.5) is 11.6 Å². The van der Waals surface area contributed by atoms with Gasteiger partial charge >= 0.3 is 0 Å². The molecular weight excluding hydrogens is 272 g/mol. The Kier molecular flexibility index (Phi) is 2.82. The Bertz CT molecular complexity index is 760. The third-order valence-corrected chi connectivity index (χ3v) is 4.29. The molecule has 2 aromatic carbocycles. The maximum atomic E-state index is 6.06. The van der Waals surface area contributed by atoms with Crippen LogP contribution in [0.1, 0.15) is 16.7 Å². The van der Waals surface area contributed by atoms with Gasteiger partial charge in [0.15, 0.2) is 0 Å². The van der Waals surface area contributed by atoms with Crippen molar-refractivity contribution >= 4 is 11.6 Å². The van der Waals surface area contributed by atoms with E-state index in [0.717, 1.165) is 17.8 Å². The first-order valence-corrected chi connectivity index (χ1v) is 7.28. The predicted molar refractivity (Wildman–Crippen MR) is 87.4 cm³/mol. The Hall–Kier alpha value is -2.88. The van der Waals surface area contributed by atoms with Gasteiger partial charge in [-0.1, -0.05) is 60.7 Å². The van der Waals surface area contributed by atoms with Gasteiger partial charge in [0, 0.05) is 12.0 Å². The minimum Gasteiger partial charge on any atom is -0.383 e. The van der Waals surface area contributed by atoms with Crippen LogP contribution in [0.2, 0.25) is 0 Å². The first kappa shape index (κ1) is 12.8. The summed E-state index contributed by atoms with van der Waals surface area (Å²) in [5.74, 6) is 1.37. The van der Waals surface area contributed by atoms with Crippen molar-refractivity contribution in [2.45, 2.75) is 12.0 Å². The highest BCUT2D eigenvalue weighted by Crippen LogP contribution is 2.44. The number of benzene rings is 2. The second-order valence-corrected chi connectivity index (χ2v) is 5.53. The fourth-order valence-corrected chi connectivity index (χ4v) is 3.18. The fraction of sp³-hybridized carbons (Fsp3) is 0.111. The van der Waals surface area contributed by atoms with Crippen LogP contribution in [-0.4, -0.2) is 9.97 Å². The lowest BCUT2D eigenvalue weighted by Crippen LogP contribution is -2.34. The van der Waals surface area contributed by atoms with Gasteiger partial charge in [-0.2, -0.15) is 0 Å². The Morgan fingerprint density at radius 2 is 1.45 bits per heavy atom. The molecule has 1 aliphatic rings. The van der Waals surface area contributed by atoms with Gasteiger partial charge in [-0.25, -0.2) is 9.97 Å². The quantitative estimate of drug-likeness (QED) is 0.761. The zero-order valence-corrected chi connectivity index (χ0v) is 12.0. The highest BCUT2D eigenvalue weighted by Gasteiger charge is 2.41. The summed E-state index contributed by atoms with van der Waals surface area (Å²) in [6, 6.07) is 20.8. The Morgan fingerprint density at radius 1 is 0.864 bits per heavy atom. The lowest BCUT2D eigenvalue weighted by molar-refractivity contribution is 0.617. The molecule has 108 valence electrons. The second kappa shape index (κ2) is 4.84. The van der Waals surface area contributed by atoms with Gasteiger partial charge in [0.05, 0.1) is 5.54 Å². The SMILES string of the molecule is Nc1ncnc2c1CC(c1ccccc1)(c1ccccc1)N2. The molecule has 4 nitrogen and oxygen atoms in total. The molecule has 0 saturated carbocycles. The minimum absolute atomic E-state index is 0.352. The summed E-state index contributed by atoms with van der Waals surface area (Å²) in [4.78, 5) is 8.49. The number of hydrogen-bond acceptors (Lipinski definition) is 4. The third-order valence-electron chi connectivity index (χ3n) is 4.29. The van der Waals surface area contributed by atoms with Crippen LogP contribution < -0.4 is 11.1 Å². The van der Waals surface area contributed by atoms with E-state index in [1.54, 1.807) is 0 Å². The normalized spacial score (nSPS) is 15.1. The lowest BCUT2D eigenvalue weighted by atomic mass is 9.81. The van der Waals surface area contributed by atoms with E-state index in [1.807, 2.05) is 12.1 Å². The number of rotatable bonds is 2. The molecule has 0 aliphatic carbocycles. The highest BCUT2D eigenvalue weighted by atomic mass is 15.1. The molecule has 4 rings (SSSR count). The molecule has 0 bridgehead atoms. The Balaban J connectivity index is 1.92. The van der Waals surface area contributed by atoms with E-state index in [9.17, 15) is 0 Å². The van der Waals surface area contributed by atoms with Crippen molar-refractivity contribution in [3.05, 3.63) is 83.7 Å². The van der Waals surface area contributed by atoms with Crippen molar-refractivity contribution in [3.8, 4) is 0 Å². The van der Waals surface area contributed by atoms with E-state index in [2.05, 4.69) is 63.8 Å². The molecule has 0 spiro atoms. The summed E-state index contributed by atoms with van der Waals surface area (Å²) in [5.41, 5.74) is 9.07. The molecule has 1 aliphatic heterocycles. The fourth-order valence-electron chi connectivity index (χ4n) is 3.18. The second-order valence-electron chi connectivity index (χ2n) is 5.53. The van der Waals surface area contributed by atoms with E-state index < -0.39 is 0 Å². The molecule has 2 heterocycles. The van der Waals surface area contributed by atoms with Crippen molar-refractivity contribution in [2.24, 2.45) is 0 Å². The number of nitrogens with one attached hydrogen (secondary N) is 1. The van der Waals surface area contributed by atoms with Gasteiger partial charge in [-0.15, -0.1) is 0 Å². The topological polar surface area (TPSA) is 63.8 Å². The van der Waals surface area contributed by atoms with Gasteiger partial charge in [0.25, 0.3) is 0 Å². The monoisotopic (exact) mass is 288 g/mol. The summed E-state index contributed by atoms with van der Waals surface area (Å²) < 4.78 is 0. The molecule has 4 heteroatoms. The molecule has 0 atom stereocenters. The van der Waals surface area contributed by atoms with Crippen LogP contribution in [0.5, 0.6) is 0 Å². The third kappa shape index (κ3) is 1.84. The zero-order valence-electron chi connectivity index (χ0n) is 12.0. The predicted octanol–water partition coefficient (Wildman–Crippen LogP) is 2.97. The van der Waals surface area contributed by atoms with Crippen LogP contribution >= 0.6 is 0 Å². The zero-order chi connectivity index (χ0) is 15.0. The number of nitrogens with two attached hydrogens (primary N) is 1. The smallest absolute Gasteiger partial charge is 0.135 e. The average molecular weight is 288 g/mol. The van der Waals surface area contributed by atoms with E-state index >= 15 is 0 Å². The molecule has 0 saturated heterocycles.